The van der Waals surface area contributed by atoms with E-state index in [0.29, 0.717) is 43.0 Å². The van der Waals surface area contributed by atoms with E-state index in [9.17, 15) is 18.0 Å². The molecule has 2 amide bonds. The van der Waals surface area contributed by atoms with Crippen LogP contribution in [0.25, 0.3) is 0 Å². The number of hydrogen-bond donors (Lipinski definition) is 2. The number of piperazine rings is 1. The maximum atomic E-state index is 13.4. The molecule has 12 heteroatoms. The lowest BCUT2D eigenvalue weighted by Crippen LogP contribution is -2.60. The summed E-state index contributed by atoms with van der Waals surface area (Å²) in [5.74, 6) is 1.65. The molecule has 4 fully saturated rings. The SMILES string of the molecule is N#Cc1ccc(N2CCN(C(=O)Nc3ccc(N4CCC(CN5CC6(CCNCC6)C5)CC4)nc3)CC2)cc1C(F)(F)F. The van der Waals surface area contributed by atoms with Crippen molar-refractivity contribution in [3.63, 3.8) is 0 Å². The van der Waals surface area contributed by atoms with Gasteiger partial charge in [0.2, 0.25) is 0 Å². The lowest BCUT2D eigenvalue weighted by molar-refractivity contribution is -0.137. The summed E-state index contributed by atoms with van der Waals surface area (Å²) >= 11 is 0. The number of nitriles is 1. The van der Waals surface area contributed by atoms with Crippen molar-refractivity contribution in [1.82, 2.24) is 20.1 Å². The van der Waals surface area contributed by atoms with Crippen molar-refractivity contribution in [1.29, 1.82) is 5.26 Å². The van der Waals surface area contributed by atoms with Gasteiger partial charge in [0.15, 0.2) is 0 Å². The molecule has 1 aromatic heterocycles. The van der Waals surface area contributed by atoms with Crippen LogP contribution in [0.3, 0.4) is 0 Å². The second-order valence-electron chi connectivity index (χ2n) is 12.5. The predicted octanol–water partition coefficient (Wildman–Crippen LogP) is 4.23. The van der Waals surface area contributed by atoms with E-state index in [2.05, 4.69) is 25.4 Å². The van der Waals surface area contributed by atoms with Crippen molar-refractivity contribution >= 4 is 23.2 Å². The third-order valence-corrected chi connectivity index (χ3v) is 9.60. The Balaban J connectivity index is 0.939. The highest BCUT2D eigenvalue weighted by Gasteiger charge is 2.43. The number of carbonyl (C=O) groups excluding carboxylic acids is 1. The number of likely N-dealkylation sites (tertiary alicyclic amines) is 1. The fourth-order valence-corrected chi connectivity index (χ4v) is 7.09. The van der Waals surface area contributed by atoms with Gasteiger partial charge in [-0.05, 0) is 80.4 Å². The van der Waals surface area contributed by atoms with Gasteiger partial charge in [-0.25, -0.2) is 9.78 Å². The van der Waals surface area contributed by atoms with Crippen molar-refractivity contribution in [2.45, 2.75) is 31.9 Å². The summed E-state index contributed by atoms with van der Waals surface area (Å²) in [6, 6.07) is 8.91. The number of amides is 2. The molecule has 9 nitrogen and oxygen atoms in total. The third-order valence-electron chi connectivity index (χ3n) is 9.60. The Kier molecular flexibility index (Phi) is 8.38. The van der Waals surface area contributed by atoms with Gasteiger partial charge in [0.05, 0.1) is 29.1 Å². The minimum Gasteiger partial charge on any atom is -0.368 e. The van der Waals surface area contributed by atoms with Crippen LogP contribution in [-0.2, 0) is 6.18 Å². The van der Waals surface area contributed by atoms with Crippen molar-refractivity contribution < 1.29 is 18.0 Å². The molecule has 1 aromatic carbocycles. The Bertz CT molecular complexity index is 1310. The van der Waals surface area contributed by atoms with Gasteiger partial charge in [-0.3, -0.25) is 0 Å². The summed E-state index contributed by atoms with van der Waals surface area (Å²) < 4.78 is 40.1. The quantitative estimate of drug-likeness (QED) is 0.534. The van der Waals surface area contributed by atoms with E-state index in [1.165, 1.54) is 44.6 Å². The monoisotopic (exact) mass is 596 g/mol. The van der Waals surface area contributed by atoms with Crippen LogP contribution in [0.5, 0.6) is 0 Å². The zero-order chi connectivity index (χ0) is 30.0. The van der Waals surface area contributed by atoms with Crippen molar-refractivity contribution in [3.05, 3.63) is 47.7 Å². The molecule has 0 atom stereocenters. The van der Waals surface area contributed by atoms with E-state index in [0.717, 1.165) is 56.8 Å². The first-order valence-electron chi connectivity index (χ1n) is 15.3. The van der Waals surface area contributed by atoms with Crippen LogP contribution in [0.4, 0.5) is 35.2 Å². The van der Waals surface area contributed by atoms with E-state index in [-0.39, 0.29) is 6.03 Å². The van der Waals surface area contributed by atoms with Crippen LogP contribution in [-0.4, -0.2) is 92.8 Å². The number of halogens is 3. The Labute approximate surface area is 250 Å². The van der Waals surface area contributed by atoms with E-state index < -0.39 is 17.3 Å². The first-order valence-corrected chi connectivity index (χ1v) is 15.3. The number of carbonyl (C=O) groups is 1. The van der Waals surface area contributed by atoms with Crippen LogP contribution in [0, 0.1) is 22.7 Å². The van der Waals surface area contributed by atoms with E-state index in [4.69, 9.17) is 5.26 Å². The predicted molar refractivity (Wildman–Crippen MR) is 159 cm³/mol. The van der Waals surface area contributed by atoms with Crippen LogP contribution in [0.2, 0.25) is 0 Å². The number of benzene rings is 1. The number of alkyl halides is 3. The molecule has 4 aliphatic rings. The van der Waals surface area contributed by atoms with Crippen LogP contribution in [0.1, 0.15) is 36.8 Å². The van der Waals surface area contributed by atoms with Gasteiger partial charge >= 0.3 is 12.2 Å². The lowest BCUT2D eigenvalue weighted by atomic mass is 9.72. The Morgan fingerprint density at radius 1 is 1.02 bits per heavy atom. The van der Waals surface area contributed by atoms with Gasteiger partial charge in [-0.2, -0.15) is 18.4 Å². The number of anilines is 3. The molecule has 0 saturated carbocycles. The zero-order valence-corrected chi connectivity index (χ0v) is 24.4. The Hall–Kier alpha value is -3.56. The van der Waals surface area contributed by atoms with Crippen LogP contribution in [0.15, 0.2) is 36.5 Å². The largest absolute Gasteiger partial charge is 0.417 e. The molecule has 0 bridgehead atoms. The number of pyridine rings is 1. The fraction of sp³-hybridized carbons (Fsp3) is 0.581. The molecule has 2 aromatic rings. The number of nitrogens with zero attached hydrogens (tertiary/aromatic N) is 6. The molecule has 43 heavy (non-hydrogen) atoms. The molecule has 4 aliphatic heterocycles. The molecule has 1 spiro atoms. The Morgan fingerprint density at radius 2 is 1.74 bits per heavy atom. The maximum Gasteiger partial charge on any atom is 0.417 e. The number of nitrogens with one attached hydrogen (secondary N) is 2. The fourth-order valence-electron chi connectivity index (χ4n) is 7.09. The first kappa shape index (κ1) is 29.5. The lowest BCUT2D eigenvalue weighted by Gasteiger charge is -2.53. The highest BCUT2D eigenvalue weighted by atomic mass is 19.4. The molecular weight excluding hydrogens is 557 g/mol. The van der Waals surface area contributed by atoms with Gasteiger partial charge in [0.25, 0.3) is 0 Å². The summed E-state index contributed by atoms with van der Waals surface area (Å²) in [6.07, 6.45) is 2.04. The maximum absolute atomic E-state index is 13.4. The average Bonchev–Trinajstić information content (AvgIpc) is 3.01. The topological polar surface area (TPSA) is 90.8 Å². The van der Waals surface area contributed by atoms with Gasteiger partial charge in [-0.1, -0.05) is 0 Å². The molecule has 4 saturated heterocycles. The van der Waals surface area contributed by atoms with Gasteiger partial charge in [0, 0.05) is 64.6 Å². The van der Waals surface area contributed by atoms with Gasteiger partial charge in [0.1, 0.15) is 5.82 Å². The van der Waals surface area contributed by atoms with Crippen molar-refractivity contribution in [2.75, 3.05) is 87.1 Å². The van der Waals surface area contributed by atoms with Crippen molar-refractivity contribution in [2.24, 2.45) is 11.3 Å². The van der Waals surface area contributed by atoms with Crippen molar-refractivity contribution in [3.8, 4) is 6.07 Å². The summed E-state index contributed by atoms with van der Waals surface area (Å²) in [4.78, 5) is 25.9. The number of hydrogen-bond acceptors (Lipinski definition) is 7. The first-order chi connectivity index (χ1) is 20.7. The number of urea groups is 1. The Morgan fingerprint density at radius 3 is 2.37 bits per heavy atom. The standard InChI is InChI=1S/C31H39F3N8O/c32-31(33,34)27-17-26(3-1-24(27)18-35)40-13-15-42(16-14-40)29(43)38-25-2-4-28(37-19-25)41-11-5-23(6-12-41)20-39-21-30(22-39)7-9-36-10-8-30/h1-4,17,19,23,36H,5-16,20-22H2,(H,38,43). The minimum atomic E-state index is -4.60. The molecular formula is C31H39F3N8O. The molecule has 0 radical (unpaired) electrons. The second-order valence-corrected chi connectivity index (χ2v) is 12.5. The van der Waals surface area contributed by atoms with Crippen LogP contribution < -0.4 is 20.4 Å². The normalized spacial score (nSPS) is 21.4. The molecule has 0 aliphatic carbocycles. The van der Waals surface area contributed by atoms with E-state index >= 15 is 0 Å². The molecule has 2 N–H and O–H groups in total. The summed E-state index contributed by atoms with van der Waals surface area (Å²) in [5, 5.41) is 15.4. The van der Waals surface area contributed by atoms with Gasteiger partial charge < -0.3 is 30.2 Å². The zero-order valence-electron chi connectivity index (χ0n) is 24.4. The highest BCUT2D eigenvalue weighted by Crippen LogP contribution is 2.39. The molecule has 6 rings (SSSR count). The molecule has 0 unspecified atom stereocenters. The van der Waals surface area contributed by atoms with E-state index in [1.54, 1.807) is 22.1 Å². The molecule has 230 valence electrons. The molecule has 5 heterocycles. The van der Waals surface area contributed by atoms with Crippen LogP contribution >= 0.6 is 0 Å². The summed E-state index contributed by atoms with van der Waals surface area (Å²) in [6.45, 7) is 9.54. The summed E-state index contributed by atoms with van der Waals surface area (Å²) in [7, 11) is 0. The number of aromatic nitrogens is 1. The smallest absolute Gasteiger partial charge is 0.368 e. The summed E-state index contributed by atoms with van der Waals surface area (Å²) in [5.41, 5.74) is 0.243. The minimum absolute atomic E-state index is 0.261. The third kappa shape index (κ3) is 6.68. The second kappa shape index (κ2) is 12.2. The number of rotatable bonds is 5. The number of piperidine rings is 2. The van der Waals surface area contributed by atoms with E-state index in [1.807, 2.05) is 12.1 Å². The highest BCUT2D eigenvalue weighted by molar-refractivity contribution is 5.89. The van der Waals surface area contributed by atoms with Gasteiger partial charge in [-0.15, -0.1) is 0 Å². The average molecular weight is 597 g/mol.